The fourth-order valence-corrected chi connectivity index (χ4v) is 4.63. The minimum absolute atomic E-state index is 0.0183. The largest absolute Gasteiger partial charge is 0.361 e. The Morgan fingerprint density at radius 3 is 2.23 bits per heavy atom. The summed E-state index contributed by atoms with van der Waals surface area (Å²) < 4.78 is 16.8. The van der Waals surface area contributed by atoms with Crippen molar-refractivity contribution in [1.82, 2.24) is 5.32 Å². The molecule has 0 spiro atoms. The fraction of sp³-hybridized carbons (Fsp3) is 0.938. The van der Waals surface area contributed by atoms with Gasteiger partial charge >= 0.3 is 0 Å². The summed E-state index contributed by atoms with van der Waals surface area (Å²) in [5.74, 6) is 1.27. The van der Waals surface area contributed by atoms with Gasteiger partial charge in [0.15, 0.2) is 7.37 Å². The first-order valence-electron chi connectivity index (χ1n) is 8.26. The second-order valence-corrected chi connectivity index (χ2v) is 9.70. The van der Waals surface area contributed by atoms with Crippen molar-refractivity contribution in [3.63, 3.8) is 0 Å². The molecule has 1 aliphatic rings. The van der Waals surface area contributed by atoms with Crippen LogP contribution in [-0.4, -0.2) is 37.0 Å². The van der Waals surface area contributed by atoms with Crippen molar-refractivity contribution in [3.05, 3.63) is 0 Å². The van der Waals surface area contributed by atoms with Gasteiger partial charge in [-0.1, -0.05) is 20.8 Å². The van der Waals surface area contributed by atoms with E-state index in [0.29, 0.717) is 5.92 Å². The fourth-order valence-electron chi connectivity index (χ4n) is 3.37. The van der Waals surface area contributed by atoms with E-state index in [-0.39, 0.29) is 23.9 Å². The first kappa shape index (κ1) is 19.7. The van der Waals surface area contributed by atoms with E-state index in [2.05, 4.69) is 19.2 Å². The summed E-state index contributed by atoms with van der Waals surface area (Å²) in [6.07, 6.45) is 3.69. The standard InChI is InChI=1S/C16H32NO4P/c1-11(2)13-6-8-14(9-7-13)15(18)17-16(21-4)12(3)10-22(5,19)20/h11-14,16H,6-10H2,1-5H3,(H,17,18)(H,19,20)/t12-,13?,14?,16?/m1/s1. The second kappa shape index (κ2) is 8.47. The van der Waals surface area contributed by atoms with E-state index < -0.39 is 13.6 Å². The van der Waals surface area contributed by atoms with Gasteiger partial charge in [0.05, 0.1) is 0 Å². The highest BCUT2D eigenvalue weighted by Crippen LogP contribution is 2.38. The van der Waals surface area contributed by atoms with Gasteiger partial charge in [-0.3, -0.25) is 9.36 Å². The van der Waals surface area contributed by atoms with Gasteiger partial charge in [-0.2, -0.15) is 0 Å². The summed E-state index contributed by atoms with van der Waals surface area (Å²) >= 11 is 0. The summed E-state index contributed by atoms with van der Waals surface area (Å²) in [7, 11) is -1.59. The Kier molecular flexibility index (Phi) is 7.57. The number of amides is 1. The summed E-state index contributed by atoms with van der Waals surface area (Å²) in [5.41, 5.74) is 0. The molecule has 0 heterocycles. The normalized spacial score (nSPS) is 28.0. The van der Waals surface area contributed by atoms with Crippen molar-refractivity contribution >= 4 is 13.3 Å². The Bertz CT molecular complexity index is 399. The minimum atomic E-state index is -3.12. The van der Waals surface area contributed by atoms with Crippen LogP contribution in [-0.2, 0) is 14.1 Å². The maximum Gasteiger partial charge on any atom is 0.225 e. The van der Waals surface area contributed by atoms with Gasteiger partial charge in [-0.15, -0.1) is 0 Å². The number of nitrogens with one attached hydrogen (secondary N) is 1. The van der Waals surface area contributed by atoms with Crippen LogP contribution in [0, 0.1) is 23.7 Å². The van der Waals surface area contributed by atoms with E-state index in [1.54, 1.807) is 0 Å². The molecule has 1 aliphatic carbocycles. The van der Waals surface area contributed by atoms with Crippen molar-refractivity contribution in [2.75, 3.05) is 19.9 Å². The number of hydrogen-bond acceptors (Lipinski definition) is 3. The van der Waals surface area contributed by atoms with Crippen molar-refractivity contribution < 1.29 is 19.0 Å². The van der Waals surface area contributed by atoms with Crippen LogP contribution in [0.5, 0.6) is 0 Å². The van der Waals surface area contributed by atoms with E-state index in [1.165, 1.54) is 13.8 Å². The summed E-state index contributed by atoms with van der Waals surface area (Å²) in [5, 5.41) is 2.91. The third-order valence-electron chi connectivity index (χ3n) is 4.77. The molecule has 1 saturated carbocycles. The van der Waals surface area contributed by atoms with Gasteiger partial charge in [0.25, 0.3) is 0 Å². The zero-order valence-corrected chi connectivity index (χ0v) is 15.4. The van der Waals surface area contributed by atoms with Crippen LogP contribution in [0.4, 0.5) is 0 Å². The van der Waals surface area contributed by atoms with Gasteiger partial charge in [0, 0.05) is 31.8 Å². The lowest BCUT2D eigenvalue weighted by Gasteiger charge is -2.32. The molecule has 22 heavy (non-hydrogen) atoms. The van der Waals surface area contributed by atoms with Crippen LogP contribution < -0.4 is 5.32 Å². The van der Waals surface area contributed by atoms with Crippen LogP contribution in [0.3, 0.4) is 0 Å². The zero-order valence-electron chi connectivity index (χ0n) is 14.5. The van der Waals surface area contributed by atoms with E-state index in [9.17, 15) is 14.3 Å². The van der Waals surface area contributed by atoms with Crippen LogP contribution in [0.25, 0.3) is 0 Å². The lowest BCUT2D eigenvalue weighted by Crippen LogP contribution is -2.45. The number of ether oxygens (including phenoxy) is 1. The molecule has 1 amide bonds. The van der Waals surface area contributed by atoms with E-state index in [4.69, 9.17) is 4.74 Å². The lowest BCUT2D eigenvalue weighted by atomic mass is 9.76. The molecule has 3 atom stereocenters. The first-order chi connectivity index (χ1) is 10.1. The maximum atomic E-state index is 12.4. The number of carbonyl (C=O) groups is 1. The molecule has 5 nitrogen and oxygen atoms in total. The number of methoxy groups -OCH3 is 1. The molecule has 130 valence electrons. The molecule has 2 unspecified atom stereocenters. The number of carbonyl (C=O) groups excluding carboxylic acids is 1. The SMILES string of the molecule is COC(NC(=O)C1CCC(C(C)C)CC1)[C@H](C)CP(C)(=O)O. The van der Waals surface area contributed by atoms with Gasteiger partial charge in [0.1, 0.15) is 6.23 Å². The average Bonchev–Trinajstić information content (AvgIpc) is 2.42. The highest BCUT2D eigenvalue weighted by Gasteiger charge is 2.31. The van der Waals surface area contributed by atoms with Crippen molar-refractivity contribution in [2.24, 2.45) is 23.7 Å². The van der Waals surface area contributed by atoms with Crippen LogP contribution in [0.2, 0.25) is 0 Å². The predicted molar refractivity (Wildman–Crippen MR) is 89.0 cm³/mol. The summed E-state index contributed by atoms with van der Waals surface area (Å²) in [6.45, 7) is 7.65. The topological polar surface area (TPSA) is 75.6 Å². The van der Waals surface area contributed by atoms with Crippen molar-refractivity contribution in [3.8, 4) is 0 Å². The predicted octanol–water partition coefficient (Wildman–Crippen LogP) is 3.07. The van der Waals surface area contributed by atoms with Gasteiger partial charge in [0.2, 0.25) is 5.91 Å². The van der Waals surface area contributed by atoms with Gasteiger partial charge in [-0.25, -0.2) is 0 Å². The second-order valence-electron chi connectivity index (χ2n) is 7.23. The number of hydrogen-bond donors (Lipinski definition) is 2. The highest BCUT2D eigenvalue weighted by atomic mass is 31.2. The molecule has 0 radical (unpaired) electrons. The minimum Gasteiger partial charge on any atom is -0.361 e. The molecule has 0 aromatic rings. The van der Waals surface area contributed by atoms with Crippen LogP contribution >= 0.6 is 7.37 Å². The van der Waals surface area contributed by atoms with Crippen LogP contribution in [0.1, 0.15) is 46.5 Å². The number of rotatable bonds is 7. The maximum absolute atomic E-state index is 12.4. The van der Waals surface area contributed by atoms with Crippen molar-refractivity contribution in [2.45, 2.75) is 52.7 Å². The molecule has 0 saturated heterocycles. The molecule has 1 rings (SSSR count). The van der Waals surface area contributed by atoms with Crippen molar-refractivity contribution in [1.29, 1.82) is 0 Å². The third-order valence-corrected chi connectivity index (χ3v) is 6.02. The molecular weight excluding hydrogens is 301 g/mol. The monoisotopic (exact) mass is 333 g/mol. The Balaban J connectivity index is 2.50. The molecule has 0 bridgehead atoms. The Morgan fingerprint density at radius 2 is 1.82 bits per heavy atom. The Hall–Kier alpha value is -0.380. The van der Waals surface area contributed by atoms with E-state index in [0.717, 1.165) is 31.6 Å². The van der Waals surface area contributed by atoms with Crippen LogP contribution in [0.15, 0.2) is 0 Å². The first-order valence-corrected chi connectivity index (χ1v) is 10.6. The quantitative estimate of drug-likeness (QED) is 0.554. The van der Waals surface area contributed by atoms with Gasteiger partial charge < -0.3 is 14.9 Å². The summed E-state index contributed by atoms with van der Waals surface area (Å²) in [4.78, 5) is 21.9. The van der Waals surface area contributed by atoms with E-state index >= 15 is 0 Å². The Morgan fingerprint density at radius 1 is 1.27 bits per heavy atom. The molecule has 0 aromatic carbocycles. The molecule has 2 N–H and O–H groups in total. The molecular formula is C16H32NO4P. The molecule has 6 heteroatoms. The van der Waals surface area contributed by atoms with Gasteiger partial charge in [-0.05, 0) is 37.5 Å². The average molecular weight is 333 g/mol. The van der Waals surface area contributed by atoms with E-state index in [1.807, 2.05) is 6.92 Å². The Labute approximate surface area is 134 Å². The summed E-state index contributed by atoms with van der Waals surface area (Å²) in [6, 6.07) is 0. The highest BCUT2D eigenvalue weighted by molar-refractivity contribution is 7.57. The lowest BCUT2D eigenvalue weighted by molar-refractivity contribution is -0.131. The molecule has 0 aliphatic heterocycles. The zero-order chi connectivity index (χ0) is 16.9. The molecule has 1 fully saturated rings. The third kappa shape index (κ3) is 6.39. The smallest absolute Gasteiger partial charge is 0.225 e. The molecule has 0 aromatic heterocycles.